The van der Waals surface area contributed by atoms with Gasteiger partial charge in [0.1, 0.15) is 11.6 Å². The summed E-state index contributed by atoms with van der Waals surface area (Å²) in [4.78, 5) is 12.8. The molecule has 1 saturated carbocycles. The zero-order valence-electron chi connectivity index (χ0n) is 17.3. The van der Waals surface area contributed by atoms with E-state index in [0.717, 1.165) is 42.3 Å². The molecule has 152 valence electrons. The molecule has 0 unspecified atom stereocenters. The van der Waals surface area contributed by atoms with Gasteiger partial charge in [-0.2, -0.15) is 5.26 Å². The zero-order chi connectivity index (χ0) is 20.9. The number of carbonyl (C=O) groups excluding carboxylic acids is 1. The van der Waals surface area contributed by atoms with Crippen molar-refractivity contribution < 1.29 is 4.79 Å². The lowest BCUT2D eigenvalue weighted by Gasteiger charge is -2.29. The Bertz CT molecular complexity index is 1100. The summed E-state index contributed by atoms with van der Waals surface area (Å²) in [6.45, 7) is 2.92. The third-order valence-electron chi connectivity index (χ3n) is 6.11. The SMILES string of the molecule is C[C@H]1CCCC[C@@H]1NC(=O)/C(C#N)=C/c1cn(Cc2ccccc2)c2ccccc12. The van der Waals surface area contributed by atoms with E-state index in [-0.39, 0.29) is 17.5 Å². The molecule has 1 fully saturated rings. The van der Waals surface area contributed by atoms with Crippen molar-refractivity contribution in [3.8, 4) is 6.07 Å². The zero-order valence-corrected chi connectivity index (χ0v) is 17.3. The number of hydrogen-bond acceptors (Lipinski definition) is 2. The number of benzene rings is 2. The van der Waals surface area contributed by atoms with Crippen molar-refractivity contribution in [3.05, 3.63) is 77.5 Å². The van der Waals surface area contributed by atoms with Crippen molar-refractivity contribution in [3.63, 3.8) is 0 Å². The topological polar surface area (TPSA) is 57.8 Å². The first kappa shape index (κ1) is 20.0. The van der Waals surface area contributed by atoms with Gasteiger partial charge in [0.25, 0.3) is 5.91 Å². The summed E-state index contributed by atoms with van der Waals surface area (Å²) in [6, 6.07) is 20.7. The van der Waals surface area contributed by atoms with Crippen LogP contribution in [0.1, 0.15) is 43.7 Å². The summed E-state index contributed by atoms with van der Waals surface area (Å²) in [5, 5.41) is 13.8. The molecule has 0 aliphatic heterocycles. The first-order valence-corrected chi connectivity index (χ1v) is 10.7. The van der Waals surface area contributed by atoms with Gasteiger partial charge in [-0.05, 0) is 36.5 Å². The molecule has 30 heavy (non-hydrogen) atoms. The molecule has 1 aliphatic carbocycles. The summed E-state index contributed by atoms with van der Waals surface area (Å²) in [5.41, 5.74) is 3.35. The van der Waals surface area contributed by atoms with Crippen LogP contribution < -0.4 is 5.32 Å². The van der Waals surface area contributed by atoms with Gasteiger partial charge in [0.15, 0.2) is 0 Å². The highest BCUT2D eigenvalue weighted by Gasteiger charge is 2.24. The molecule has 0 saturated heterocycles. The van der Waals surface area contributed by atoms with Gasteiger partial charge < -0.3 is 9.88 Å². The maximum Gasteiger partial charge on any atom is 0.262 e. The first-order chi connectivity index (χ1) is 14.7. The highest BCUT2D eigenvalue weighted by molar-refractivity contribution is 6.04. The molecular formula is C26H27N3O. The van der Waals surface area contributed by atoms with E-state index < -0.39 is 0 Å². The lowest BCUT2D eigenvalue weighted by molar-refractivity contribution is -0.118. The number of nitriles is 1. The van der Waals surface area contributed by atoms with Crippen LogP contribution in [0.15, 0.2) is 66.4 Å². The molecule has 2 atom stereocenters. The average molecular weight is 398 g/mol. The number of amides is 1. The van der Waals surface area contributed by atoms with Crippen LogP contribution in [0, 0.1) is 17.2 Å². The van der Waals surface area contributed by atoms with Crippen molar-refractivity contribution in [2.75, 3.05) is 0 Å². The van der Waals surface area contributed by atoms with Crippen LogP contribution in [0.2, 0.25) is 0 Å². The Morgan fingerprint density at radius 2 is 1.87 bits per heavy atom. The van der Waals surface area contributed by atoms with E-state index in [0.29, 0.717) is 5.92 Å². The van der Waals surface area contributed by atoms with Crippen molar-refractivity contribution in [1.29, 1.82) is 5.26 Å². The maximum absolute atomic E-state index is 12.8. The van der Waals surface area contributed by atoms with Crippen LogP contribution >= 0.6 is 0 Å². The fraction of sp³-hybridized carbons (Fsp3) is 0.308. The summed E-state index contributed by atoms with van der Waals surface area (Å²) in [6.07, 6.45) is 8.23. The van der Waals surface area contributed by atoms with Crippen molar-refractivity contribution >= 4 is 22.9 Å². The van der Waals surface area contributed by atoms with E-state index in [1.54, 1.807) is 6.08 Å². The maximum atomic E-state index is 12.8. The molecule has 1 aliphatic rings. The highest BCUT2D eigenvalue weighted by atomic mass is 16.1. The van der Waals surface area contributed by atoms with Gasteiger partial charge in [-0.3, -0.25) is 4.79 Å². The third-order valence-corrected chi connectivity index (χ3v) is 6.11. The standard InChI is InChI=1S/C26H27N3O/c1-19-9-5-7-13-24(19)28-26(30)21(16-27)15-22-18-29(17-20-10-3-2-4-11-20)25-14-8-6-12-23(22)25/h2-4,6,8,10-12,14-15,18-19,24H,5,7,9,13,17H2,1H3,(H,28,30)/b21-15+/t19-,24-/m0/s1. The number of hydrogen-bond donors (Lipinski definition) is 1. The Hall–Kier alpha value is -3.32. The number of carbonyl (C=O) groups is 1. The normalized spacial score (nSPS) is 19.4. The average Bonchev–Trinajstić information content (AvgIpc) is 3.11. The second-order valence-electron chi connectivity index (χ2n) is 8.23. The van der Waals surface area contributed by atoms with E-state index in [2.05, 4.69) is 41.1 Å². The number of rotatable bonds is 5. The van der Waals surface area contributed by atoms with Crippen LogP contribution in [-0.4, -0.2) is 16.5 Å². The largest absolute Gasteiger partial charge is 0.348 e. The molecule has 2 aromatic carbocycles. The Morgan fingerprint density at radius 3 is 2.63 bits per heavy atom. The van der Waals surface area contributed by atoms with E-state index in [4.69, 9.17) is 0 Å². The number of fused-ring (bicyclic) bond motifs is 1. The minimum atomic E-state index is -0.267. The predicted molar refractivity (Wildman–Crippen MR) is 121 cm³/mol. The third kappa shape index (κ3) is 4.31. The van der Waals surface area contributed by atoms with Gasteiger partial charge in [0.2, 0.25) is 0 Å². The fourth-order valence-corrected chi connectivity index (χ4v) is 4.38. The van der Waals surface area contributed by atoms with Crippen LogP contribution in [0.5, 0.6) is 0 Å². The summed E-state index contributed by atoms with van der Waals surface area (Å²) >= 11 is 0. The number of para-hydroxylation sites is 1. The molecular weight excluding hydrogens is 370 g/mol. The van der Waals surface area contributed by atoms with Gasteiger partial charge in [0.05, 0.1) is 0 Å². The van der Waals surface area contributed by atoms with Gasteiger partial charge in [0, 0.05) is 35.2 Å². The molecule has 1 heterocycles. The molecule has 4 heteroatoms. The second-order valence-corrected chi connectivity index (χ2v) is 8.23. The van der Waals surface area contributed by atoms with Crippen molar-refractivity contribution in [2.24, 2.45) is 5.92 Å². The van der Waals surface area contributed by atoms with E-state index in [1.807, 2.05) is 42.6 Å². The predicted octanol–water partition coefficient (Wildman–Crippen LogP) is 5.29. The Morgan fingerprint density at radius 1 is 1.13 bits per heavy atom. The number of nitrogens with zero attached hydrogens (tertiary/aromatic N) is 2. The minimum absolute atomic E-state index is 0.155. The fourth-order valence-electron chi connectivity index (χ4n) is 4.38. The van der Waals surface area contributed by atoms with Gasteiger partial charge in [-0.1, -0.05) is 68.3 Å². The number of nitrogens with one attached hydrogen (secondary N) is 1. The molecule has 1 amide bonds. The number of aromatic nitrogens is 1. The molecule has 0 radical (unpaired) electrons. The molecule has 3 aromatic rings. The van der Waals surface area contributed by atoms with Crippen molar-refractivity contribution in [1.82, 2.24) is 9.88 Å². The second kappa shape index (κ2) is 9.00. The summed E-state index contributed by atoms with van der Waals surface area (Å²) < 4.78 is 2.17. The Balaban J connectivity index is 1.63. The van der Waals surface area contributed by atoms with Gasteiger partial charge in [-0.15, -0.1) is 0 Å². The molecule has 1 aromatic heterocycles. The molecule has 4 nitrogen and oxygen atoms in total. The summed E-state index contributed by atoms with van der Waals surface area (Å²) in [5.74, 6) is 0.187. The molecule has 1 N–H and O–H groups in total. The van der Waals surface area contributed by atoms with E-state index >= 15 is 0 Å². The van der Waals surface area contributed by atoms with Crippen LogP contribution in [0.3, 0.4) is 0 Å². The van der Waals surface area contributed by atoms with Gasteiger partial charge >= 0.3 is 0 Å². The molecule has 0 bridgehead atoms. The van der Waals surface area contributed by atoms with Crippen LogP contribution in [-0.2, 0) is 11.3 Å². The Labute approximate surface area is 177 Å². The van der Waals surface area contributed by atoms with Crippen molar-refractivity contribution in [2.45, 2.75) is 45.2 Å². The van der Waals surface area contributed by atoms with E-state index in [1.165, 1.54) is 12.0 Å². The Kier molecular flexibility index (Phi) is 5.99. The van der Waals surface area contributed by atoms with Crippen LogP contribution in [0.25, 0.3) is 17.0 Å². The minimum Gasteiger partial charge on any atom is -0.348 e. The monoisotopic (exact) mass is 397 g/mol. The smallest absolute Gasteiger partial charge is 0.262 e. The van der Waals surface area contributed by atoms with Gasteiger partial charge in [-0.25, -0.2) is 0 Å². The van der Waals surface area contributed by atoms with E-state index in [9.17, 15) is 10.1 Å². The molecule has 0 spiro atoms. The lowest BCUT2D eigenvalue weighted by Crippen LogP contribution is -2.41. The van der Waals surface area contributed by atoms with Crippen LogP contribution in [0.4, 0.5) is 0 Å². The highest BCUT2D eigenvalue weighted by Crippen LogP contribution is 2.26. The molecule has 4 rings (SSSR count). The lowest BCUT2D eigenvalue weighted by atomic mass is 9.86. The summed E-state index contributed by atoms with van der Waals surface area (Å²) in [7, 11) is 0. The quantitative estimate of drug-likeness (QED) is 0.470. The first-order valence-electron chi connectivity index (χ1n) is 10.7.